The molecule has 0 atom stereocenters. The monoisotopic (exact) mass is 219 g/mol. The topological polar surface area (TPSA) is 66.1 Å². The van der Waals surface area contributed by atoms with E-state index in [-0.39, 0.29) is 18.0 Å². The van der Waals surface area contributed by atoms with E-state index in [0.29, 0.717) is 13.0 Å². The second kappa shape index (κ2) is 5.71. The Balaban J connectivity index is 2.62. The molecule has 5 heteroatoms. The minimum absolute atomic E-state index is 0.0155. The Hall–Kier alpha value is -2.09. The SMILES string of the molecule is CN(CCC#N)C(=O)Cn1ccccc1=O. The van der Waals surface area contributed by atoms with Crippen LogP contribution in [0.2, 0.25) is 0 Å². The maximum Gasteiger partial charge on any atom is 0.250 e. The number of nitriles is 1. The molecule has 5 nitrogen and oxygen atoms in total. The van der Waals surface area contributed by atoms with Gasteiger partial charge in [-0.3, -0.25) is 9.59 Å². The number of rotatable bonds is 4. The van der Waals surface area contributed by atoms with Gasteiger partial charge in [-0.15, -0.1) is 0 Å². The summed E-state index contributed by atoms with van der Waals surface area (Å²) in [4.78, 5) is 24.4. The number of carbonyl (C=O) groups excluding carboxylic acids is 1. The first-order chi connectivity index (χ1) is 7.65. The molecular weight excluding hydrogens is 206 g/mol. The van der Waals surface area contributed by atoms with E-state index in [1.54, 1.807) is 25.4 Å². The van der Waals surface area contributed by atoms with Gasteiger partial charge in [-0.25, -0.2) is 0 Å². The average molecular weight is 219 g/mol. The minimum atomic E-state index is -0.204. The second-order valence-corrected chi connectivity index (χ2v) is 3.39. The fraction of sp³-hybridized carbons (Fsp3) is 0.364. The van der Waals surface area contributed by atoms with Gasteiger partial charge in [0, 0.05) is 25.9 Å². The zero-order valence-electron chi connectivity index (χ0n) is 9.09. The van der Waals surface area contributed by atoms with Crippen LogP contribution in [0.5, 0.6) is 0 Å². The Morgan fingerprint density at radius 2 is 2.31 bits per heavy atom. The lowest BCUT2D eigenvalue weighted by molar-refractivity contribution is -0.130. The Bertz CT molecular complexity index is 459. The number of amides is 1. The third kappa shape index (κ3) is 3.24. The van der Waals surface area contributed by atoms with Gasteiger partial charge in [0.2, 0.25) is 5.91 Å². The summed E-state index contributed by atoms with van der Waals surface area (Å²) >= 11 is 0. The molecule has 0 unspecified atom stereocenters. The lowest BCUT2D eigenvalue weighted by Crippen LogP contribution is -2.33. The maximum atomic E-state index is 11.6. The summed E-state index contributed by atoms with van der Waals surface area (Å²) in [7, 11) is 1.62. The molecule has 1 heterocycles. The molecule has 1 aromatic heterocycles. The molecule has 0 aliphatic rings. The first-order valence-corrected chi connectivity index (χ1v) is 4.91. The quantitative estimate of drug-likeness (QED) is 0.727. The standard InChI is InChI=1S/C11H13N3O2/c1-13(7-4-6-12)11(16)9-14-8-3-2-5-10(14)15/h2-3,5,8H,4,7,9H2,1H3. The highest BCUT2D eigenvalue weighted by molar-refractivity contribution is 5.75. The first-order valence-electron chi connectivity index (χ1n) is 4.91. The van der Waals surface area contributed by atoms with Gasteiger partial charge in [-0.1, -0.05) is 6.07 Å². The van der Waals surface area contributed by atoms with Crippen molar-refractivity contribution >= 4 is 5.91 Å². The number of aromatic nitrogens is 1. The second-order valence-electron chi connectivity index (χ2n) is 3.39. The number of hydrogen-bond acceptors (Lipinski definition) is 3. The smallest absolute Gasteiger partial charge is 0.250 e. The van der Waals surface area contributed by atoms with Gasteiger partial charge in [0.1, 0.15) is 6.54 Å². The van der Waals surface area contributed by atoms with E-state index in [0.717, 1.165) is 0 Å². The van der Waals surface area contributed by atoms with Crippen molar-refractivity contribution in [3.05, 3.63) is 34.7 Å². The van der Waals surface area contributed by atoms with Crippen LogP contribution in [0.4, 0.5) is 0 Å². The molecule has 0 saturated heterocycles. The number of pyridine rings is 1. The van der Waals surface area contributed by atoms with Gasteiger partial charge in [-0.2, -0.15) is 5.26 Å². The highest BCUT2D eigenvalue weighted by Crippen LogP contribution is 1.91. The minimum Gasteiger partial charge on any atom is -0.343 e. The van der Waals surface area contributed by atoms with Crippen LogP contribution in [0, 0.1) is 11.3 Å². The maximum absolute atomic E-state index is 11.6. The molecule has 0 aliphatic carbocycles. The Labute approximate surface area is 93.5 Å². The van der Waals surface area contributed by atoms with E-state index < -0.39 is 0 Å². The molecule has 0 N–H and O–H groups in total. The van der Waals surface area contributed by atoms with Crippen molar-refractivity contribution in [1.29, 1.82) is 5.26 Å². The lowest BCUT2D eigenvalue weighted by Gasteiger charge is -2.15. The van der Waals surface area contributed by atoms with E-state index >= 15 is 0 Å². The van der Waals surface area contributed by atoms with Crippen LogP contribution < -0.4 is 5.56 Å². The zero-order valence-corrected chi connectivity index (χ0v) is 9.09. The van der Waals surface area contributed by atoms with Crippen molar-refractivity contribution in [2.75, 3.05) is 13.6 Å². The van der Waals surface area contributed by atoms with E-state index in [4.69, 9.17) is 5.26 Å². The summed E-state index contributed by atoms with van der Waals surface area (Å²) in [6, 6.07) is 6.70. The third-order valence-electron chi connectivity index (χ3n) is 2.19. The molecule has 0 bridgehead atoms. The normalized spacial score (nSPS) is 9.50. The van der Waals surface area contributed by atoms with Crippen molar-refractivity contribution in [2.24, 2.45) is 0 Å². The van der Waals surface area contributed by atoms with E-state index in [9.17, 15) is 9.59 Å². The summed E-state index contributed by atoms with van der Waals surface area (Å²) < 4.78 is 1.34. The summed E-state index contributed by atoms with van der Waals surface area (Å²) in [5, 5.41) is 8.39. The highest BCUT2D eigenvalue weighted by Gasteiger charge is 2.09. The molecule has 0 radical (unpaired) electrons. The number of carbonyl (C=O) groups is 1. The van der Waals surface area contributed by atoms with Crippen molar-refractivity contribution in [2.45, 2.75) is 13.0 Å². The van der Waals surface area contributed by atoms with E-state index in [1.165, 1.54) is 15.5 Å². The van der Waals surface area contributed by atoms with Crippen molar-refractivity contribution in [3.8, 4) is 6.07 Å². The fourth-order valence-corrected chi connectivity index (χ4v) is 1.20. The average Bonchev–Trinajstić information content (AvgIpc) is 2.28. The first kappa shape index (κ1) is 12.0. The lowest BCUT2D eigenvalue weighted by atomic mass is 10.4. The number of likely N-dealkylation sites (N-methyl/N-ethyl adjacent to an activating group) is 1. The molecule has 0 fully saturated rings. The predicted octanol–water partition coefficient (Wildman–Crippen LogP) is 0.220. The largest absolute Gasteiger partial charge is 0.343 e. The van der Waals surface area contributed by atoms with Gasteiger partial charge in [-0.05, 0) is 6.07 Å². The third-order valence-corrected chi connectivity index (χ3v) is 2.19. The van der Waals surface area contributed by atoms with Crippen molar-refractivity contribution < 1.29 is 4.79 Å². The fourth-order valence-electron chi connectivity index (χ4n) is 1.20. The van der Waals surface area contributed by atoms with Crippen LogP contribution in [0.3, 0.4) is 0 Å². The molecule has 1 aromatic rings. The molecule has 0 aromatic carbocycles. The Morgan fingerprint density at radius 3 is 2.94 bits per heavy atom. The van der Waals surface area contributed by atoms with Gasteiger partial charge in [0.15, 0.2) is 0 Å². The van der Waals surface area contributed by atoms with Crippen LogP contribution in [0.1, 0.15) is 6.42 Å². The Kier molecular flexibility index (Phi) is 4.28. The van der Waals surface area contributed by atoms with Crippen molar-refractivity contribution in [3.63, 3.8) is 0 Å². The molecule has 0 aliphatic heterocycles. The summed E-state index contributed by atoms with van der Waals surface area (Å²) in [6.45, 7) is 0.401. The summed E-state index contributed by atoms with van der Waals surface area (Å²) in [5.41, 5.74) is -0.204. The van der Waals surface area contributed by atoms with Crippen LogP contribution in [-0.4, -0.2) is 29.0 Å². The predicted molar refractivity (Wildman–Crippen MR) is 58.6 cm³/mol. The van der Waals surface area contributed by atoms with Crippen LogP contribution in [0.25, 0.3) is 0 Å². The Morgan fingerprint density at radius 1 is 1.56 bits per heavy atom. The molecular formula is C11H13N3O2. The summed E-state index contributed by atoms with van der Waals surface area (Å²) in [6.07, 6.45) is 1.87. The molecule has 1 rings (SSSR count). The van der Waals surface area contributed by atoms with Gasteiger partial charge in [0.25, 0.3) is 5.56 Å². The molecule has 1 amide bonds. The van der Waals surface area contributed by atoms with Crippen LogP contribution >= 0.6 is 0 Å². The zero-order chi connectivity index (χ0) is 12.0. The number of nitrogens with zero attached hydrogens (tertiary/aromatic N) is 3. The highest BCUT2D eigenvalue weighted by atomic mass is 16.2. The van der Waals surface area contributed by atoms with Crippen LogP contribution in [0.15, 0.2) is 29.2 Å². The summed E-state index contributed by atoms with van der Waals surface area (Å²) in [5.74, 6) is -0.177. The van der Waals surface area contributed by atoms with Gasteiger partial charge >= 0.3 is 0 Å². The number of hydrogen-bond donors (Lipinski definition) is 0. The van der Waals surface area contributed by atoms with Crippen LogP contribution in [-0.2, 0) is 11.3 Å². The molecule has 84 valence electrons. The van der Waals surface area contributed by atoms with E-state index in [2.05, 4.69) is 0 Å². The molecule has 0 saturated carbocycles. The van der Waals surface area contributed by atoms with Crippen molar-refractivity contribution in [1.82, 2.24) is 9.47 Å². The van der Waals surface area contributed by atoms with Gasteiger partial charge in [0.05, 0.1) is 12.5 Å². The van der Waals surface area contributed by atoms with E-state index in [1.807, 2.05) is 6.07 Å². The molecule has 16 heavy (non-hydrogen) atoms. The molecule has 0 spiro atoms. The van der Waals surface area contributed by atoms with Gasteiger partial charge < -0.3 is 9.47 Å².